The number of pyridine rings is 1. The molecule has 21 heavy (non-hydrogen) atoms. The van der Waals surface area contributed by atoms with Crippen LogP contribution in [0, 0.1) is 0 Å². The third-order valence-corrected chi connectivity index (χ3v) is 3.83. The summed E-state index contributed by atoms with van der Waals surface area (Å²) in [6, 6.07) is 11.8. The number of nitrogens with zero attached hydrogens (tertiary/aromatic N) is 3. The number of fused-ring (bicyclic) bond motifs is 1. The van der Waals surface area contributed by atoms with Gasteiger partial charge in [-0.15, -0.1) is 11.6 Å². The van der Waals surface area contributed by atoms with Crippen LogP contribution >= 0.6 is 11.6 Å². The SMILES string of the molecule is COc1ccc2c(c1)nc(CCl)n2C(C)c1ccccn1. The van der Waals surface area contributed by atoms with Crippen LogP contribution < -0.4 is 4.74 Å². The molecule has 0 fully saturated rings. The fraction of sp³-hybridized carbons (Fsp3) is 0.250. The van der Waals surface area contributed by atoms with Gasteiger partial charge >= 0.3 is 0 Å². The van der Waals surface area contributed by atoms with Gasteiger partial charge in [-0.2, -0.15) is 0 Å². The Balaban J connectivity index is 2.16. The summed E-state index contributed by atoms with van der Waals surface area (Å²) in [5.74, 6) is 1.98. The van der Waals surface area contributed by atoms with Gasteiger partial charge in [0, 0.05) is 12.3 Å². The first-order valence-electron chi connectivity index (χ1n) is 6.76. The normalized spacial score (nSPS) is 12.5. The van der Waals surface area contributed by atoms with E-state index in [0.29, 0.717) is 5.88 Å². The second-order valence-corrected chi connectivity index (χ2v) is 5.08. The van der Waals surface area contributed by atoms with E-state index in [1.54, 1.807) is 13.3 Å². The van der Waals surface area contributed by atoms with E-state index < -0.39 is 0 Å². The smallest absolute Gasteiger partial charge is 0.125 e. The zero-order valence-corrected chi connectivity index (χ0v) is 12.7. The Labute approximate surface area is 128 Å². The number of methoxy groups -OCH3 is 1. The lowest BCUT2D eigenvalue weighted by atomic mass is 10.2. The van der Waals surface area contributed by atoms with E-state index in [1.165, 1.54) is 0 Å². The number of alkyl halides is 1. The van der Waals surface area contributed by atoms with Crippen molar-refractivity contribution in [3.63, 3.8) is 0 Å². The van der Waals surface area contributed by atoms with Crippen molar-refractivity contribution in [1.29, 1.82) is 0 Å². The molecule has 0 bridgehead atoms. The van der Waals surface area contributed by atoms with Crippen LogP contribution in [0.2, 0.25) is 0 Å². The molecule has 0 saturated heterocycles. The number of hydrogen-bond donors (Lipinski definition) is 0. The Morgan fingerprint density at radius 1 is 1.29 bits per heavy atom. The molecule has 108 valence electrons. The molecule has 1 atom stereocenters. The number of hydrogen-bond acceptors (Lipinski definition) is 3. The van der Waals surface area contributed by atoms with Gasteiger partial charge in [-0.1, -0.05) is 6.07 Å². The first-order chi connectivity index (χ1) is 10.2. The van der Waals surface area contributed by atoms with Crippen LogP contribution in [0.25, 0.3) is 11.0 Å². The predicted molar refractivity (Wildman–Crippen MR) is 83.9 cm³/mol. The number of rotatable bonds is 4. The summed E-state index contributed by atoms with van der Waals surface area (Å²) in [4.78, 5) is 9.04. The van der Waals surface area contributed by atoms with Crippen molar-refractivity contribution in [1.82, 2.24) is 14.5 Å². The molecule has 0 spiro atoms. The Kier molecular flexibility index (Phi) is 3.80. The van der Waals surface area contributed by atoms with Crippen molar-refractivity contribution in [2.24, 2.45) is 0 Å². The summed E-state index contributed by atoms with van der Waals surface area (Å²) in [6.45, 7) is 2.10. The Hall–Kier alpha value is -2.07. The molecule has 0 aliphatic heterocycles. The molecule has 0 aliphatic rings. The quantitative estimate of drug-likeness (QED) is 0.688. The standard InChI is InChI=1S/C16H16ClN3O/c1-11(13-5-3-4-8-18-13)20-15-7-6-12(21-2)9-14(15)19-16(20)10-17/h3-9,11H,10H2,1-2H3. The molecule has 4 nitrogen and oxygen atoms in total. The summed E-state index contributed by atoms with van der Waals surface area (Å²) >= 11 is 6.07. The minimum atomic E-state index is 0.0679. The molecule has 1 aromatic carbocycles. The topological polar surface area (TPSA) is 39.9 Å². The highest BCUT2D eigenvalue weighted by Crippen LogP contribution is 2.28. The molecule has 1 unspecified atom stereocenters. The Morgan fingerprint density at radius 3 is 2.81 bits per heavy atom. The summed E-state index contributed by atoms with van der Waals surface area (Å²) in [7, 11) is 1.65. The van der Waals surface area contributed by atoms with E-state index in [9.17, 15) is 0 Å². The number of halogens is 1. The molecular formula is C16H16ClN3O. The maximum atomic E-state index is 6.07. The van der Waals surface area contributed by atoms with Crippen LogP contribution in [0.3, 0.4) is 0 Å². The Bertz CT molecular complexity index is 755. The average molecular weight is 302 g/mol. The van der Waals surface area contributed by atoms with E-state index in [-0.39, 0.29) is 6.04 Å². The average Bonchev–Trinajstić information content (AvgIpc) is 2.92. The van der Waals surface area contributed by atoms with Crippen LogP contribution in [0.1, 0.15) is 24.5 Å². The first kappa shape index (κ1) is 13.9. The molecule has 0 N–H and O–H groups in total. The molecule has 2 aromatic heterocycles. The highest BCUT2D eigenvalue weighted by atomic mass is 35.5. The van der Waals surface area contributed by atoms with E-state index >= 15 is 0 Å². The third-order valence-electron chi connectivity index (χ3n) is 3.59. The van der Waals surface area contributed by atoms with Crippen molar-refractivity contribution in [3.8, 4) is 5.75 Å². The second-order valence-electron chi connectivity index (χ2n) is 4.82. The molecule has 0 radical (unpaired) electrons. The first-order valence-corrected chi connectivity index (χ1v) is 7.29. The van der Waals surface area contributed by atoms with Crippen LogP contribution in [0.5, 0.6) is 5.75 Å². The van der Waals surface area contributed by atoms with Gasteiger partial charge in [0.1, 0.15) is 11.6 Å². The van der Waals surface area contributed by atoms with Crippen molar-refractivity contribution >= 4 is 22.6 Å². The van der Waals surface area contributed by atoms with Gasteiger partial charge in [-0.25, -0.2) is 4.98 Å². The van der Waals surface area contributed by atoms with Gasteiger partial charge in [0.15, 0.2) is 0 Å². The zero-order valence-electron chi connectivity index (χ0n) is 12.0. The highest BCUT2D eigenvalue weighted by Gasteiger charge is 2.17. The molecule has 2 heterocycles. The van der Waals surface area contributed by atoms with Gasteiger partial charge in [0.25, 0.3) is 0 Å². The Morgan fingerprint density at radius 2 is 2.14 bits per heavy atom. The second kappa shape index (κ2) is 5.74. The van der Waals surface area contributed by atoms with Gasteiger partial charge in [-0.05, 0) is 31.2 Å². The summed E-state index contributed by atoms with van der Waals surface area (Å²) in [5.41, 5.74) is 2.90. The number of ether oxygens (including phenoxy) is 1. The van der Waals surface area contributed by atoms with E-state index in [0.717, 1.165) is 28.3 Å². The summed E-state index contributed by atoms with van der Waals surface area (Å²) < 4.78 is 7.38. The minimum Gasteiger partial charge on any atom is -0.497 e. The predicted octanol–water partition coefficient (Wildman–Crippen LogP) is 3.79. The van der Waals surface area contributed by atoms with Crippen LogP contribution in [0.15, 0.2) is 42.6 Å². The highest BCUT2D eigenvalue weighted by molar-refractivity contribution is 6.16. The van der Waals surface area contributed by atoms with Gasteiger partial charge in [-0.3, -0.25) is 4.98 Å². The molecular weight excluding hydrogens is 286 g/mol. The van der Waals surface area contributed by atoms with E-state index in [1.807, 2.05) is 36.4 Å². The third kappa shape index (κ3) is 2.47. The maximum Gasteiger partial charge on any atom is 0.125 e. The molecule has 0 aliphatic carbocycles. The van der Waals surface area contributed by atoms with Crippen molar-refractivity contribution in [2.45, 2.75) is 18.8 Å². The van der Waals surface area contributed by atoms with Crippen molar-refractivity contribution in [2.75, 3.05) is 7.11 Å². The number of imidazole rings is 1. The van der Waals surface area contributed by atoms with Gasteiger partial charge in [0.2, 0.25) is 0 Å². The number of aromatic nitrogens is 3. The van der Waals surface area contributed by atoms with E-state index in [4.69, 9.17) is 16.3 Å². The molecule has 0 amide bonds. The van der Waals surface area contributed by atoms with Crippen LogP contribution in [0.4, 0.5) is 0 Å². The summed E-state index contributed by atoms with van der Waals surface area (Å²) in [6.07, 6.45) is 1.80. The molecule has 0 saturated carbocycles. The van der Waals surface area contributed by atoms with Crippen molar-refractivity contribution < 1.29 is 4.74 Å². The minimum absolute atomic E-state index is 0.0679. The molecule has 5 heteroatoms. The van der Waals surface area contributed by atoms with Crippen molar-refractivity contribution in [3.05, 3.63) is 54.1 Å². The molecule has 3 rings (SSSR count). The van der Waals surface area contributed by atoms with Gasteiger partial charge in [0.05, 0.1) is 35.8 Å². The fourth-order valence-electron chi connectivity index (χ4n) is 2.54. The largest absolute Gasteiger partial charge is 0.497 e. The van der Waals surface area contributed by atoms with Gasteiger partial charge < -0.3 is 9.30 Å². The van der Waals surface area contributed by atoms with Crippen LogP contribution in [-0.4, -0.2) is 21.6 Å². The lowest BCUT2D eigenvalue weighted by Gasteiger charge is -2.16. The zero-order chi connectivity index (χ0) is 14.8. The van der Waals surface area contributed by atoms with E-state index in [2.05, 4.69) is 21.5 Å². The lowest BCUT2D eigenvalue weighted by molar-refractivity contribution is 0.415. The monoisotopic (exact) mass is 301 g/mol. The maximum absolute atomic E-state index is 6.07. The fourth-order valence-corrected chi connectivity index (χ4v) is 2.73. The number of benzene rings is 1. The summed E-state index contributed by atoms with van der Waals surface area (Å²) in [5, 5.41) is 0. The lowest BCUT2D eigenvalue weighted by Crippen LogP contribution is -2.11. The van der Waals surface area contributed by atoms with Crippen LogP contribution in [-0.2, 0) is 5.88 Å². The molecule has 3 aromatic rings.